The molecule has 1 unspecified atom stereocenters. The molecule has 2 heterocycles. The lowest BCUT2D eigenvalue weighted by Crippen LogP contribution is -2.10. The zero-order chi connectivity index (χ0) is 15.5. The van der Waals surface area contributed by atoms with Crippen LogP contribution in [-0.4, -0.2) is 22.3 Å². The molecule has 0 fully saturated rings. The van der Waals surface area contributed by atoms with E-state index < -0.39 is 11.9 Å². The van der Waals surface area contributed by atoms with Gasteiger partial charge in [0.2, 0.25) is 0 Å². The van der Waals surface area contributed by atoms with Crippen molar-refractivity contribution in [3.8, 4) is 11.1 Å². The Kier molecular flexibility index (Phi) is 4.06. The number of thiophene rings is 1. The Hall–Kier alpha value is -2.40. The highest BCUT2D eigenvalue weighted by Gasteiger charge is 2.22. The summed E-state index contributed by atoms with van der Waals surface area (Å²) in [7, 11) is 0. The van der Waals surface area contributed by atoms with E-state index in [4.69, 9.17) is 0 Å². The third kappa shape index (κ3) is 2.67. The van der Waals surface area contributed by atoms with E-state index in [1.807, 2.05) is 41.9 Å². The van der Waals surface area contributed by atoms with E-state index in [2.05, 4.69) is 4.98 Å². The lowest BCUT2D eigenvalue weighted by atomic mass is 10.00. The summed E-state index contributed by atoms with van der Waals surface area (Å²) >= 11 is 1.43. The molecule has 1 aromatic carbocycles. The number of hydrogen-bond donors (Lipinski definition) is 2. The maximum atomic E-state index is 11.4. The smallest absolute Gasteiger partial charge is 0.311 e. The van der Waals surface area contributed by atoms with Gasteiger partial charge in [-0.2, -0.15) is 0 Å². The first-order valence-electron chi connectivity index (χ1n) is 7.02. The topological polar surface area (TPSA) is 70.2 Å². The largest absolute Gasteiger partial charge is 0.481 e. The van der Waals surface area contributed by atoms with Crippen LogP contribution in [0.1, 0.15) is 23.6 Å². The lowest BCUT2D eigenvalue weighted by Gasteiger charge is -2.07. The van der Waals surface area contributed by atoms with Crippen LogP contribution in [0.15, 0.2) is 41.9 Å². The summed E-state index contributed by atoms with van der Waals surface area (Å²) in [5.41, 5.74) is 3.13. The number of aromatic amines is 1. The summed E-state index contributed by atoms with van der Waals surface area (Å²) in [6.45, 7) is 0. The van der Waals surface area contributed by atoms with Crippen molar-refractivity contribution in [2.75, 3.05) is 0 Å². The number of carboxylic acids is 1. The average molecular weight is 313 g/mol. The van der Waals surface area contributed by atoms with Crippen LogP contribution >= 0.6 is 11.3 Å². The van der Waals surface area contributed by atoms with Crippen molar-refractivity contribution < 1.29 is 14.7 Å². The summed E-state index contributed by atoms with van der Waals surface area (Å²) < 4.78 is 0. The van der Waals surface area contributed by atoms with Gasteiger partial charge >= 0.3 is 5.97 Å². The fourth-order valence-corrected chi connectivity index (χ4v) is 3.65. The molecule has 1 atom stereocenters. The molecule has 0 aliphatic heterocycles. The van der Waals surface area contributed by atoms with Gasteiger partial charge in [-0.05, 0) is 29.5 Å². The number of carbonyl (C=O) groups is 2. The van der Waals surface area contributed by atoms with Crippen molar-refractivity contribution in [1.29, 1.82) is 0 Å². The molecule has 2 aromatic heterocycles. The van der Waals surface area contributed by atoms with E-state index in [0.717, 1.165) is 33.2 Å². The Bertz CT molecular complexity index is 818. The van der Waals surface area contributed by atoms with Crippen molar-refractivity contribution in [1.82, 2.24) is 4.98 Å². The fourth-order valence-electron chi connectivity index (χ4n) is 2.61. The molecule has 5 heteroatoms. The molecule has 0 aliphatic rings. The zero-order valence-corrected chi connectivity index (χ0v) is 12.6. The van der Waals surface area contributed by atoms with E-state index in [-0.39, 0.29) is 6.42 Å². The minimum atomic E-state index is -0.880. The predicted octanol–water partition coefficient (Wildman–Crippen LogP) is 4.04. The summed E-state index contributed by atoms with van der Waals surface area (Å²) in [5.74, 6) is -1.50. The van der Waals surface area contributed by atoms with Crippen LogP contribution in [0.2, 0.25) is 0 Å². The van der Waals surface area contributed by atoms with Crippen molar-refractivity contribution in [3.05, 3.63) is 46.8 Å². The second-order valence-electron chi connectivity index (χ2n) is 5.12. The number of fused-ring (bicyclic) bond motifs is 1. The number of benzene rings is 1. The molecule has 0 radical (unpaired) electrons. The summed E-state index contributed by atoms with van der Waals surface area (Å²) in [5, 5.41) is 12.4. The summed E-state index contributed by atoms with van der Waals surface area (Å²) in [4.78, 5) is 25.9. The summed E-state index contributed by atoms with van der Waals surface area (Å²) in [6, 6.07) is 9.93. The molecule has 0 amide bonds. The van der Waals surface area contributed by atoms with Crippen molar-refractivity contribution in [3.63, 3.8) is 0 Å². The highest BCUT2D eigenvalue weighted by Crippen LogP contribution is 2.35. The molecule has 112 valence electrons. The molecule has 0 bridgehead atoms. The van der Waals surface area contributed by atoms with Gasteiger partial charge in [0.1, 0.15) is 6.29 Å². The van der Waals surface area contributed by atoms with E-state index >= 15 is 0 Å². The van der Waals surface area contributed by atoms with Crippen LogP contribution < -0.4 is 0 Å². The lowest BCUT2D eigenvalue weighted by molar-refractivity contribution is -0.138. The van der Waals surface area contributed by atoms with Gasteiger partial charge in [0, 0.05) is 34.0 Å². The zero-order valence-electron chi connectivity index (χ0n) is 11.8. The number of aromatic nitrogens is 1. The molecule has 3 rings (SSSR count). The number of hydrogen-bond acceptors (Lipinski definition) is 3. The SMILES string of the molecule is O=CCCC(C(=O)O)c1cc(-c2c[nH]c3ccccc23)cs1. The number of nitrogens with one attached hydrogen (secondary N) is 1. The number of H-pyrrole nitrogens is 1. The molecule has 0 aliphatic carbocycles. The van der Waals surface area contributed by atoms with Crippen LogP contribution in [0.5, 0.6) is 0 Å². The number of carbonyl (C=O) groups excluding carboxylic acids is 1. The van der Waals surface area contributed by atoms with Crippen LogP contribution in [0.3, 0.4) is 0 Å². The fraction of sp³-hybridized carbons (Fsp3) is 0.176. The normalized spacial score (nSPS) is 12.4. The van der Waals surface area contributed by atoms with Crippen LogP contribution in [-0.2, 0) is 9.59 Å². The third-order valence-electron chi connectivity index (χ3n) is 3.73. The molecule has 0 saturated carbocycles. The third-order valence-corrected chi connectivity index (χ3v) is 4.78. The highest BCUT2D eigenvalue weighted by molar-refractivity contribution is 7.10. The van der Waals surface area contributed by atoms with E-state index in [1.165, 1.54) is 11.3 Å². The van der Waals surface area contributed by atoms with Crippen LogP contribution in [0.4, 0.5) is 0 Å². The Balaban J connectivity index is 1.96. The Morgan fingerprint density at radius 2 is 2.18 bits per heavy atom. The molecule has 4 nitrogen and oxygen atoms in total. The number of para-hydroxylation sites is 1. The molecular formula is C17H15NO3S. The van der Waals surface area contributed by atoms with Gasteiger partial charge in [0.05, 0.1) is 5.92 Å². The second-order valence-corrected chi connectivity index (χ2v) is 6.06. The highest BCUT2D eigenvalue weighted by atomic mass is 32.1. The van der Waals surface area contributed by atoms with Gasteiger partial charge in [0.25, 0.3) is 0 Å². The van der Waals surface area contributed by atoms with Crippen molar-refractivity contribution in [2.45, 2.75) is 18.8 Å². The molecule has 0 spiro atoms. The first kappa shape index (κ1) is 14.5. The number of carboxylic acid groups (broad SMARTS) is 1. The van der Waals surface area contributed by atoms with E-state index in [9.17, 15) is 14.7 Å². The average Bonchev–Trinajstić information content (AvgIpc) is 3.13. The Morgan fingerprint density at radius 3 is 2.95 bits per heavy atom. The number of rotatable bonds is 6. The van der Waals surface area contributed by atoms with Gasteiger partial charge in [-0.25, -0.2) is 0 Å². The first-order chi connectivity index (χ1) is 10.7. The van der Waals surface area contributed by atoms with Gasteiger partial charge in [-0.3, -0.25) is 4.79 Å². The van der Waals surface area contributed by atoms with Crippen molar-refractivity contribution >= 4 is 34.5 Å². The molecular weight excluding hydrogens is 298 g/mol. The standard InChI is InChI=1S/C17H15NO3S/c19-7-3-5-13(17(20)21)16-8-11(10-22-16)14-9-18-15-6-2-1-4-12(14)15/h1-2,4,6-10,13,18H,3,5H2,(H,20,21). The van der Waals surface area contributed by atoms with Crippen LogP contribution in [0.25, 0.3) is 22.0 Å². The monoisotopic (exact) mass is 313 g/mol. The van der Waals surface area contributed by atoms with Gasteiger partial charge in [-0.15, -0.1) is 11.3 Å². The second kappa shape index (κ2) is 6.15. The Morgan fingerprint density at radius 1 is 1.36 bits per heavy atom. The number of aliphatic carboxylic acids is 1. The summed E-state index contributed by atoms with van der Waals surface area (Å²) in [6.07, 6.45) is 3.31. The Labute approximate surface area is 131 Å². The number of aldehydes is 1. The van der Waals surface area contributed by atoms with Crippen LogP contribution in [0, 0.1) is 0 Å². The van der Waals surface area contributed by atoms with Crippen molar-refractivity contribution in [2.24, 2.45) is 0 Å². The molecule has 3 aromatic rings. The molecule has 22 heavy (non-hydrogen) atoms. The molecule has 0 saturated heterocycles. The predicted molar refractivity (Wildman–Crippen MR) is 87.3 cm³/mol. The van der Waals surface area contributed by atoms with Gasteiger partial charge < -0.3 is 14.9 Å². The first-order valence-corrected chi connectivity index (χ1v) is 7.90. The van der Waals surface area contributed by atoms with Gasteiger partial charge in [0.15, 0.2) is 0 Å². The minimum Gasteiger partial charge on any atom is -0.481 e. The quantitative estimate of drug-likeness (QED) is 0.675. The van der Waals surface area contributed by atoms with E-state index in [1.54, 1.807) is 0 Å². The molecule has 2 N–H and O–H groups in total. The maximum Gasteiger partial charge on any atom is 0.311 e. The van der Waals surface area contributed by atoms with Gasteiger partial charge in [-0.1, -0.05) is 18.2 Å². The maximum absolute atomic E-state index is 11.4. The van der Waals surface area contributed by atoms with E-state index in [0.29, 0.717) is 6.42 Å². The minimum absolute atomic E-state index is 0.261.